The summed E-state index contributed by atoms with van der Waals surface area (Å²) in [6.07, 6.45) is 0. The number of carboxylic acids is 1. The van der Waals surface area contributed by atoms with Crippen molar-refractivity contribution in [2.75, 3.05) is 6.54 Å². The Bertz CT molecular complexity index is 1010. The lowest BCUT2D eigenvalue weighted by Crippen LogP contribution is -2.32. The van der Waals surface area contributed by atoms with Crippen molar-refractivity contribution in [3.8, 4) is 5.06 Å². The van der Waals surface area contributed by atoms with E-state index in [0.717, 1.165) is 16.7 Å². The van der Waals surface area contributed by atoms with Gasteiger partial charge in [-0.2, -0.15) is 0 Å². The molecule has 0 saturated carbocycles. The van der Waals surface area contributed by atoms with Crippen molar-refractivity contribution >= 4 is 44.1 Å². The van der Waals surface area contributed by atoms with E-state index >= 15 is 0 Å². The van der Waals surface area contributed by atoms with Gasteiger partial charge in [-0.1, -0.05) is 41.7 Å². The van der Waals surface area contributed by atoms with Crippen molar-refractivity contribution in [2.24, 2.45) is 0 Å². The van der Waals surface area contributed by atoms with E-state index in [1.54, 1.807) is 18.2 Å². The van der Waals surface area contributed by atoms with E-state index in [4.69, 9.17) is 5.11 Å². The molecule has 0 spiro atoms. The number of hydrogen-bond acceptors (Lipinski definition) is 5. The van der Waals surface area contributed by atoms with Crippen molar-refractivity contribution in [3.05, 3.63) is 52.2 Å². The Kier molecular flexibility index (Phi) is 3.71. The third-order valence-corrected chi connectivity index (χ3v) is 4.35. The highest BCUT2D eigenvalue weighted by molar-refractivity contribution is 7.20. The van der Waals surface area contributed by atoms with Crippen molar-refractivity contribution in [3.63, 3.8) is 0 Å². The summed E-state index contributed by atoms with van der Waals surface area (Å²) < 4.78 is 0.556. The molecule has 3 rings (SSSR count). The number of aliphatic carboxylic acids is 1. The molecule has 0 bridgehead atoms. The Hall–Kier alpha value is -2.93. The van der Waals surface area contributed by atoms with Crippen LogP contribution in [0.25, 0.3) is 20.9 Å². The number of carboxylic acid groups (broad SMARTS) is 1. The number of fused-ring (bicyclic) bond motifs is 3. The standard InChI is InChI=1S/C16H11NO5S/c18-11(19)7-17-15(21)13-14(20)12-9-4-2-1-3-8(9)5-6-10(12)23-16(13)22/h1-6,22H,7H2,(H,17,21)(H,18,19). The summed E-state index contributed by atoms with van der Waals surface area (Å²) in [5.41, 5.74) is -1.05. The Balaban J connectivity index is 2.27. The second-order valence-corrected chi connectivity index (χ2v) is 5.88. The molecule has 116 valence electrons. The highest BCUT2D eigenvalue weighted by Gasteiger charge is 2.20. The molecular weight excluding hydrogens is 318 g/mol. The molecule has 0 aliphatic rings. The van der Waals surface area contributed by atoms with Gasteiger partial charge in [0.15, 0.2) is 5.06 Å². The molecule has 1 amide bonds. The normalized spacial score (nSPS) is 10.8. The van der Waals surface area contributed by atoms with E-state index in [2.05, 4.69) is 5.32 Å². The second kappa shape index (κ2) is 5.69. The fourth-order valence-electron chi connectivity index (χ4n) is 2.39. The molecule has 2 aromatic carbocycles. The maximum Gasteiger partial charge on any atom is 0.322 e. The molecule has 0 radical (unpaired) electrons. The lowest BCUT2D eigenvalue weighted by atomic mass is 10.1. The van der Waals surface area contributed by atoms with Crippen LogP contribution in [-0.2, 0) is 4.79 Å². The van der Waals surface area contributed by atoms with Crippen LogP contribution in [0.2, 0.25) is 0 Å². The Morgan fingerprint density at radius 2 is 1.87 bits per heavy atom. The van der Waals surface area contributed by atoms with E-state index in [1.807, 2.05) is 18.2 Å². The number of carbonyl (C=O) groups is 2. The molecule has 6 nitrogen and oxygen atoms in total. The summed E-state index contributed by atoms with van der Waals surface area (Å²) in [6, 6.07) is 10.8. The monoisotopic (exact) mass is 329 g/mol. The predicted molar refractivity (Wildman–Crippen MR) is 87.2 cm³/mol. The molecule has 0 aliphatic carbocycles. The van der Waals surface area contributed by atoms with Crippen LogP contribution in [0.3, 0.4) is 0 Å². The number of amides is 1. The molecule has 0 saturated heterocycles. The molecule has 7 heteroatoms. The first kappa shape index (κ1) is 15.0. The lowest BCUT2D eigenvalue weighted by molar-refractivity contribution is -0.135. The number of nitrogens with one attached hydrogen (secondary N) is 1. The van der Waals surface area contributed by atoms with Crippen molar-refractivity contribution < 1.29 is 19.8 Å². The molecule has 23 heavy (non-hydrogen) atoms. The Morgan fingerprint density at radius 3 is 2.61 bits per heavy atom. The molecule has 0 fully saturated rings. The number of hydrogen-bond donors (Lipinski definition) is 3. The van der Waals surface area contributed by atoms with Gasteiger partial charge in [0.25, 0.3) is 5.91 Å². The van der Waals surface area contributed by atoms with Gasteiger partial charge in [0.05, 0.1) is 0 Å². The van der Waals surface area contributed by atoms with E-state index in [0.29, 0.717) is 15.5 Å². The highest BCUT2D eigenvalue weighted by Crippen LogP contribution is 2.31. The molecule has 0 unspecified atom stereocenters. The summed E-state index contributed by atoms with van der Waals surface area (Å²) in [4.78, 5) is 35.3. The van der Waals surface area contributed by atoms with Crippen LogP contribution in [-0.4, -0.2) is 28.6 Å². The van der Waals surface area contributed by atoms with E-state index in [1.165, 1.54) is 0 Å². The molecule has 0 atom stereocenters. The minimum atomic E-state index is -1.24. The Morgan fingerprint density at radius 1 is 1.13 bits per heavy atom. The van der Waals surface area contributed by atoms with Crippen LogP contribution >= 0.6 is 11.3 Å². The van der Waals surface area contributed by atoms with Gasteiger partial charge in [-0.25, -0.2) is 0 Å². The zero-order valence-corrected chi connectivity index (χ0v) is 12.5. The average Bonchev–Trinajstić information content (AvgIpc) is 2.52. The van der Waals surface area contributed by atoms with Crippen LogP contribution in [0.5, 0.6) is 5.06 Å². The van der Waals surface area contributed by atoms with Gasteiger partial charge in [-0.05, 0) is 16.8 Å². The molecule has 3 N–H and O–H groups in total. The van der Waals surface area contributed by atoms with E-state index in [-0.39, 0.29) is 0 Å². The first-order valence-electron chi connectivity index (χ1n) is 6.66. The van der Waals surface area contributed by atoms with Gasteiger partial charge >= 0.3 is 5.97 Å². The van der Waals surface area contributed by atoms with Gasteiger partial charge in [-0.3, -0.25) is 14.4 Å². The predicted octanol–water partition coefficient (Wildman–Crippen LogP) is 1.93. The van der Waals surface area contributed by atoms with E-state index in [9.17, 15) is 19.5 Å². The fraction of sp³-hybridized carbons (Fsp3) is 0.0625. The van der Waals surface area contributed by atoms with E-state index < -0.39 is 34.5 Å². The van der Waals surface area contributed by atoms with Crippen LogP contribution in [0.1, 0.15) is 10.4 Å². The first-order valence-corrected chi connectivity index (χ1v) is 7.48. The maximum atomic E-state index is 12.7. The molecule has 1 aromatic heterocycles. The third-order valence-electron chi connectivity index (χ3n) is 3.39. The largest absolute Gasteiger partial charge is 0.499 e. The van der Waals surface area contributed by atoms with Gasteiger partial charge < -0.3 is 15.5 Å². The number of aromatic hydroxyl groups is 1. The number of carbonyl (C=O) groups excluding carboxylic acids is 1. The zero-order valence-electron chi connectivity index (χ0n) is 11.7. The molecule has 0 aliphatic heterocycles. The quantitative estimate of drug-likeness (QED) is 0.637. The molecular formula is C16H11NO5S. The fourth-order valence-corrected chi connectivity index (χ4v) is 3.33. The highest BCUT2D eigenvalue weighted by atomic mass is 32.1. The van der Waals surface area contributed by atoms with Crippen LogP contribution < -0.4 is 10.7 Å². The third kappa shape index (κ3) is 2.62. The summed E-state index contributed by atoms with van der Waals surface area (Å²) in [6.45, 7) is -0.629. The van der Waals surface area contributed by atoms with Gasteiger partial charge in [-0.15, -0.1) is 0 Å². The summed E-state index contributed by atoms with van der Waals surface area (Å²) in [5, 5.41) is 22.1. The molecule has 3 aromatic rings. The minimum Gasteiger partial charge on any atom is -0.499 e. The second-order valence-electron chi connectivity index (χ2n) is 4.85. The topological polar surface area (TPSA) is 104 Å². The van der Waals surface area contributed by atoms with Crippen molar-refractivity contribution in [2.45, 2.75) is 0 Å². The smallest absolute Gasteiger partial charge is 0.322 e. The summed E-state index contributed by atoms with van der Waals surface area (Å²) in [7, 11) is 0. The molecule has 1 heterocycles. The van der Waals surface area contributed by atoms with Crippen molar-refractivity contribution in [1.82, 2.24) is 5.32 Å². The Labute approximate surface area is 133 Å². The maximum absolute atomic E-state index is 12.7. The lowest BCUT2D eigenvalue weighted by Gasteiger charge is -2.07. The van der Waals surface area contributed by atoms with Gasteiger partial charge in [0.2, 0.25) is 5.43 Å². The van der Waals surface area contributed by atoms with Crippen LogP contribution in [0.4, 0.5) is 0 Å². The van der Waals surface area contributed by atoms with Crippen LogP contribution in [0.15, 0.2) is 41.2 Å². The SMILES string of the molecule is O=C(O)CNC(=O)c1c(O)sc2ccc3ccccc3c2c1=O. The van der Waals surface area contributed by atoms with Crippen LogP contribution in [0, 0.1) is 0 Å². The van der Waals surface area contributed by atoms with Gasteiger partial charge in [0, 0.05) is 10.1 Å². The first-order chi connectivity index (χ1) is 11.0. The summed E-state index contributed by atoms with van der Waals surface area (Å²) >= 11 is 0.907. The van der Waals surface area contributed by atoms with Crippen molar-refractivity contribution in [1.29, 1.82) is 0 Å². The zero-order chi connectivity index (χ0) is 16.6. The van der Waals surface area contributed by atoms with Gasteiger partial charge in [0.1, 0.15) is 12.1 Å². The minimum absolute atomic E-state index is 0.339. The average molecular weight is 329 g/mol. The number of benzene rings is 2. The summed E-state index contributed by atoms with van der Waals surface area (Å²) in [5.74, 6) is -2.14. The number of rotatable bonds is 3.